The molecule has 0 aliphatic carbocycles. The number of carbonyl (C=O) groups is 2. The van der Waals surface area contributed by atoms with Crippen LogP contribution < -0.4 is 71.5 Å². The van der Waals surface area contributed by atoms with Crippen LogP contribution in [0, 0.1) is 0 Å². The summed E-state index contributed by atoms with van der Waals surface area (Å²) in [4.78, 5) is 54.3. The van der Waals surface area contributed by atoms with Crippen LogP contribution in [0.15, 0.2) is 95.0 Å². The minimum atomic E-state index is -1.37. The number of carboxylic acid groups (broad SMARTS) is 1. The zero-order valence-electron chi connectivity index (χ0n) is 30.6. The van der Waals surface area contributed by atoms with E-state index in [-0.39, 0.29) is 87.9 Å². The molecular formula is C38H39KN6O9. The van der Waals surface area contributed by atoms with Gasteiger partial charge in [0.25, 0.3) is 5.56 Å². The number of carbonyl (C=O) groups excluding carboxylic acids is 2. The number of hydrogen-bond donors (Lipinski definition) is 1. The van der Waals surface area contributed by atoms with E-state index >= 15 is 0 Å². The topological polar surface area (TPSA) is 183 Å². The number of H-pyrrole nitrogens is 1. The third-order valence-electron chi connectivity index (χ3n) is 8.78. The van der Waals surface area contributed by atoms with Crippen molar-refractivity contribution in [1.29, 1.82) is 0 Å². The average molecular weight is 763 g/mol. The van der Waals surface area contributed by atoms with E-state index in [9.17, 15) is 19.5 Å². The van der Waals surface area contributed by atoms with Crippen molar-refractivity contribution in [3.8, 4) is 11.5 Å². The van der Waals surface area contributed by atoms with Crippen molar-refractivity contribution >= 4 is 35.4 Å². The summed E-state index contributed by atoms with van der Waals surface area (Å²) in [5, 5.41) is 11.1. The fourth-order valence-corrected chi connectivity index (χ4v) is 6.22. The molecule has 1 aliphatic heterocycles. The van der Waals surface area contributed by atoms with E-state index in [1.165, 1.54) is 12.7 Å². The minimum Gasteiger partial charge on any atom is -0.550 e. The van der Waals surface area contributed by atoms with Gasteiger partial charge in [0.2, 0.25) is 5.95 Å². The first-order chi connectivity index (χ1) is 25.6. The second-order valence-electron chi connectivity index (χ2n) is 12.5. The number of nitrogens with zero attached hydrogens (tertiary/aromatic N) is 5. The summed E-state index contributed by atoms with van der Waals surface area (Å²) in [6.45, 7) is -0.0963. The number of rotatable bonds is 15. The number of aliphatic carboxylic acids is 1. The summed E-state index contributed by atoms with van der Waals surface area (Å²) >= 11 is 0. The van der Waals surface area contributed by atoms with Crippen LogP contribution in [0.3, 0.4) is 0 Å². The van der Waals surface area contributed by atoms with E-state index in [2.05, 4.69) is 19.9 Å². The Hall–Kier alpha value is -4.42. The fraction of sp³-hybridized carbons (Fsp3) is 0.316. The summed E-state index contributed by atoms with van der Waals surface area (Å²) in [5.41, 5.74) is 0.950. The number of fused-ring (bicyclic) bond motifs is 1. The zero-order chi connectivity index (χ0) is 37.5. The Kier molecular flexibility index (Phi) is 13.8. The molecule has 1 saturated heterocycles. The van der Waals surface area contributed by atoms with Gasteiger partial charge in [-0.25, -0.2) is 9.98 Å². The van der Waals surface area contributed by atoms with Gasteiger partial charge >= 0.3 is 57.4 Å². The van der Waals surface area contributed by atoms with Gasteiger partial charge in [-0.15, -0.1) is 0 Å². The van der Waals surface area contributed by atoms with Gasteiger partial charge in [-0.3, -0.25) is 19.1 Å². The van der Waals surface area contributed by atoms with Crippen LogP contribution in [0.1, 0.15) is 42.2 Å². The first-order valence-corrected chi connectivity index (χ1v) is 16.8. The Morgan fingerprint density at radius 1 is 0.981 bits per heavy atom. The number of carboxylic acids is 1. The molecule has 6 rings (SSSR count). The summed E-state index contributed by atoms with van der Waals surface area (Å²) in [7, 11) is 6.75. The third-order valence-corrected chi connectivity index (χ3v) is 8.78. The van der Waals surface area contributed by atoms with Crippen molar-refractivity contribution in [1.82, 2.24) is 24.4 Å². The molecule has 16 heteroatoms. The van der Waals surface area contributed by atoms with Gasteiger partial charge in [0, 0.05) is 26.5 Å². The molecule has 15 nitrogen and oxygen atoms in total. The second kappa shape index (κ2) is 18.3. The van der Waals surface area contributed by atoms with Crippen LogP contribution in [0.4, 0.5) is 5.95 Å². The minimum absolute atomic E-state index is 0. The third kappa shape index (κ3) is 9.09. The summed E-state index contributed by atoms with van der Waals surface area (Å²) in [6, 6.07) is 24.7. The van der Waals surface area contributed by atoms with Gasteiger partial charge in [0.05, 0.1) is 39.9 Å². The standard InChI is InChI=1S/C38H40N6O9.K/c1-43(2)22-40-37-41-35-34(36(48)42-37)39-23-44(35)31-20-29(53-33(47)19-18-32(45)46)30(52-31)21-51-38(24-8-6-5-7-9-24,25-10-14-27(49-3)15-11-25)26-12-16-28(50-4)17-13-26;/h5-17,22-23,29-31H,18-21H2,1-4H3,(H,45,46)(H,41,42,48);/q;+1/p-1/t29-,30+,31+;/m0./s1. The summed E-state index contributed by atoms with van der Waals surface area (Å²) < 4.78 is 32.0. The van der Waals surface area contributed by atoms with Crippen molar-refractivity contribution in [3.63, 3.8) is 0 Å². The van der Waals surface area contributed by atoms with Crippen molar-refractivity contribution in [2.24, 2.45) is 4.99 Å². The van der Waals surface area contributed by atoms with Gasteiger partial charge in [-0.05, 0) is 47.4 Å². The number of ether oxygens (including phenoxy) is 5. The monoisotopic (exact) mass is 762 g/mol. The molecular weight excluding hydrogens is 724 g/mol. The van der Waals surface area contributed by atoms with Crippen molar-refractivity contribution in [2.45, 2.75) is 43.3 Å². The quantitative estimate of drug-likeness (QED) is 0.0500. The molecule has 54 heavy (non-hydrogen) atoms. The number of esters is 1. The summed E-state index contributed by atoms with van der Waals surface area (Å²) in [5.74, 6) is -0.730. The maximum Gasteiger partial charge on any atom is 1.00 e. The molecule has 0 bridgehead atoms. The molecule has 1 N–H and O–H groups in total. The van der Waals surface area contributed by atoms with E-state index in [0.717, 1.165) is 16.7 Å². The number of benzene rings is 3. The van der Waals surface area contributed by atoms with Gasteiger partial charge in [-0.1, -0.05) is 54.6 Å². The Labute approximate surface area is 353 Å². The van der Waals surface area contributed by atoms with E-state index in [1.807, 2.05) is 78.9 Å². The molecule has 1 fully saturated rings. The van der Waals surface area contributed by atoms with Crippen molar-refractivity contribution < 1.29 is 89.8 Å². The number of hydrogen-bond acceptors (Lipinski definition) is 12. The first kappa shape index (κ1) is 40.8. The Morgan fingerprint density at radius 2 is 1.59 bits per heavy atom. The van der Waals surface area contributed by atoms with Crippen LogP contribution in [-0.4, -0.2) is 89.8 Å². The van der Waals surface area contributed by atoms with E-state index in [4.69, 9.17) is 23.7 Å². The van der Waals surface area contributed by atoms with Gasteiger partial charge in [-0.2, -0.15) is 4.98 Å². The molecule has 276 valence electrons. The number of imidazole rings is 1. The van der Waals surface area contributed by atoms with Crippen LogP contribution >= 0.6 is 0 Å². The number of aromatic amines is 1. The van der Waals surface area contributed by atoms with Gasteiger partial charge < -0.3 is 38.5 Å². The SMILES string of the molecule is COc1ccc(C(OC[C@H]2O[C@@H](n3cnc4c(=O)[nH]c(N=CN(C)C)nc43)C[C@@H]2OC(=O)CCC(=O)[O-])(c2ccccc2)c2ccc(OC)cc2)cc1.[K+]. The second-order valence-corrected chi connectivity index (χ2v) is 12.5. The van der Waals surface area contributed by atoms with Crippen LogP contribution in [0.25, 0.3) is 11.2 Å². The molecule has 3 aromatic carbocycles. The van der Waals surface area contributed by atoms with E-state index in [1.54, 1.807) is 37.8 Å². The molecule has 0 amide bonds. The average Bonchev–Trinajstić information content (AvgIpc) is 3.78. The molecule has 2 aromatic heterocycles. The first-order valence-electron chi connectivity index (χ1n) is 16.8. The largest absolute Gasteiger partial charge is 1.00 e. The van der Waals surface area contributed by atoms with E-state index < -0.39 is 48.0 Å². The normalized spacial score (nSPS) is 16.9. The fourth-order valence-electron chi connectivity index (χ4n) is 6.22. The number of aliphatic imine (C=N–C) groups is 1. The molecule has 0 radical (unpaired) electrons. The van der Waals surface area contributed by atoms with Crippen LogP contribution in [0.5, 0.6) is 11.5 Å². The predicted molar refractivity (Wildman–Crippen MR) is 191 cm³/mol. The molecule has 0 unspecified atom stereocenters. The number of aromatic nitrogens is 4. The Balaban J connectivity index is 0.00000561. The smallest absolute Gasteiger partial charge is 0.550 e. The van der Waals surface area contributed by atoms with Crippen LogP contribution in [0.2, 0.25) is 0 Å². The van der Waals surface area contributed by atoms with E-state index in [0.29, 0.717) is 11.5 Å². The Bertz CT molecular complexity index is 2070. The number of methoxy groups -OCH3 is 2. The maximum absolute atomic E-state index is 12.9. The maximum atomic E-state index is 12.9. The molecule has 0 spiro atoms. The van der Waals surface area contributed by atoms with Crippen LogP contribution in [-0.2, 0) is 29.4 Å². The zero-order valence-corrected chi connectivity index (χ0v) is 33.8. The van der Waals surface area contributed by atoms with Gasteiger partial charge in [0.15, 0.2) is 11.2 Å². The van der Waals surface area contributed by atoms with Gasteiger partial charge in [0.1, 0.15) is 35.5 Å². The molecule has 1 aliphatic rings. The summed E-state index contributed by atoms with van der Waals surface area (Å²) in [6.07, 6.45) is -0.406. The predicted octanol–water partition coefficient (Wildman–Crippen LogP) is 0.100. The van der Waals surface area contributed by atoms with Crippen molar-refractivity contribution in [2.75, 3.05) is 34.9 Å². The van der Waals surface area contributed by atoms with Crippen molar-refractivity contribution in [3.05, 3.63) is 112 Å². The Morgan fingerprint density at radius 3 is 2.17 bits per heavy atom. The number of nitrogens with one attached hydrogen (secondary N) is 1. The molecule has 3 atom stereocenters. The molecule has 0 saturated carbocycles. The molecule has 5 aromatic rings. The molecule has 3 heterocycles.